The van der Waals surface area contributed by atoms with Crippen molar-refractivity contribution in [1.29, 1.82) is 0 Å². The van der Waals surface area contributed by atoms with Gasteiger partial charge in [0.05, 0.1) is 19.3 Å². The lowest BCUT2D eigenvalue weighted by atomic mass is 9.82. The Morgan fingerprint density at radius 1 is 1.36 bits per heavy atom. The van der Waals surface area contributed by atoms with Crippen LogP contribution in [0.4, 0.5) is 4.39 Å². The number of methoxy groups -OCH3 is 2. The Kier molecular flexibility index (Phi) is 9.38. The smallest absolute Gasteiger partial charge is 0.305 e. The average Bonchev–Trinajstić information content (AvgIpc) is 3.02. The number of unbranched alkanes of at least 4 members (excludes halogenated alkanes) is 2. The molecule has 0 radical (unpaired) electrons. The van der Waals surface area contributed by atoms with Crippen molar-refractivity contribution in [2.75, 3.05) is 14.2 Å². The molecular weight excluding hydrogens is 363 g/mol. The molecule has 0 aromatic heterocycles. The van der Waals surface area contributed by atoms with Crippen molar-refractivity contribution in [2.24, 2.45) is 11.8 Å². The van der Waals surface area contributed by atoms with E-state index in [1.807, 2.05) is 6.92 Å². The molecule has 0 amide bonds. The van der Waals surface area contributed by atoms with Crippen molar-refractivity contribution in [3.63, 3.8) is 0 Å². The highest BCUT2D eigenvalue weighted by Gasteiger charge is 2.53. The van der Waals surface area contributed by atoms with Crippen LogP contribution in [0.1, 0.15) is 71.1 Å². The first-order valence-corrected chi connectivity index (χ1v) is 10.7. The SMILES string of the molecule is CCCCC(F)C1(OC)CCC2[C@@H](CC=CCCCC(=O)OC)[C@@H](O)C[C@H]2O1. The van der Waals surface area contributed by atoms with Crippen LogP contribution in [0.2, 0.25) is 0 Å². The molecule has 1 saturated heterocycles. The third-order valence-electron chi connectivity index (χ3n) is 6.36. The van der Waals surface area contributed by atoms with Gasteiger partial charge in [-0.1, -0.05) is 31.9 Å². The number of aliphatic hydroxyl groups excluding tert-OH is 1. The average molecular weight is 401 g/mol. The van der Waals surface area contributed by atoms with E-state index in [9.17, 15) is 14.3 Å². The van der Waals surface area contributed by atoms with Crippen LogP contribution in [0.15, 0.2) is 12.2 Å². The first-order chi connectivity index (χ1) is 13.5. The third kappa shape index (κ3) is 5.77. The summed E-state index contributed by atoms with van der Waals surface area (Å²) in [6.07, 6.45) is 9.29. The highest BCUT2D eigenvalue weighted by molar-refractivity contribution is 5.69. The molecule has 0 bridgehead atoms. The summed E-state index contributed by atoms with van der Waals surface area (Å²) in [5.74, 6) is -0.982. The van der Waals surface area contributed by atoms with E-state index in [-0.39, 0.29) is 23.9 Å². The van der Waals surface area contributed by atoms with E-state index < -0.39 is 18.1 Å². The summed E-state index contributed by atoms with van der Waals surface area (Å²) < 4.78 is 31.2. The number of rotatable bonds is 11. The zero-order valence-corrected chi connectivity index (χ0v) is 17.6. The Morgan fingerprint density at radius 2 is 2.14 bits per heavy atom. The van der Waals surface area contributed by atoms with E-state index >= 15 is 0 Å². The van der Waals surface area contributed by atoms with E-state index in [4.69, 9.17) is 9.47 Å². The van der Waals surface area contributed by atoms with Gasteiger partial charge in [-0.2, -0.15) is 0 Å². The van der Waals surface area contributed by atoms with E-state index in [0.717, 1.165) is 38.5 Å². The molecule has 1 aliphatic carbocycles. The molecule has 28 heavy (non-hydrogen) atoms. The van der Waals surface area contributed by atoms with Crippen LogP contribution in [0, 0.1) is 11.8 Å². The zero-order valence-electron chi connectivity index (χ0n) is 17.6. The van der Waals surface area contributed by atoms with Gasteiger partial charge in [0.1, 0.15) is 0 Å². The molecule has 3 unspecified atom stereocenters. The van der Waals surface area contributed by atoms with Crippen molar-refractivity contribution in [3.8, 4) is 0 Å². The fraction of sp³-hybridized carbons (Fsp3) is 0.864. The molecule has 0 aromatic rings. The minimum absolute atomic E-state index is 0.130. The number of fused-ring (bicyclic) bond motifs is 1. The number of aliphatic hydroxyl groups is 1. The molecule has 6 heteroatoms. The number of halogens is 1. The van der Waals surface area contributed by atoms with Crippen LogP contribution in [0.5, 0.6) is 0 Å². The Morgan fingerprint density at radius 3 is 2.82 bits per heavy atom. The van der Waals surface area contributed by atoms with Crippen molar-refractivity contribution in [1.82, 2.24) is 0 Å². The van der Waals surface area contributed by atoms with Crippen LogP contribution in [0.25, 0.3) is 0 Å². The number of esters is 1. The molecule has 6 atom stereocenters. The molecule has 2 fully saturated rings. The summed E-state index contributed by atoms with van der Waals surface area (Å²) in [4.78, 5) is 11.1. The number of hydrogen-bond acceptors (Lipinski definition) is 5. The maximum absolute atomic E-state index is 14.8. The quantitative estimate of drug-likeness (QED) is 0.318. The van der Waals surface area contributed by atoms with Crippen LogP contribution in [-0.4, -0.2) is 49.5 Å². The maximum Gasteiger partial charge on any atom is 0.305 e. The second-order valence-corrected chi connectivity index (χ2v) is 8.13. The van der Waals surface area contributed by atoms with Gasteiger partial charge < -0.3 is 19.3 Å². The lowest BCUT2D eigenvalue weighted by Gasteiger charge is -2.44. The van der Waals surface area contributed by atoms with Gasteiger partial charge in [0.2, 0.25) is 0 Å². The molecule has 1 N–H and O–H groups in total. The summed E-state index contributed by atoms with van der Waals surface area (Å²) in [6, 6.07) is 0. The van der Waals surface area contributed by atoms with E-state index in [1.165, 1.54) is 14.2 Å². The summed E-state index contributed by atoms with van der Waals surface area (Å²) in [6.45, 7) is 2.05. The number of carbonyl (C=O) groups excluding carboxylic acids is 1. The predicted octanol–water partition coefficient (Wildman–Crippen LogP) is 4.32. The van der Waals surface area contributed by atoms with Crippen molar-refractivity contribution < 1.29 is 28.5 Å². The minimum Gasteiger partial charge on any atom is -0.469 e. The van der Waals surface area contributed by atoms with Gasteiger partial charge in [-0.25, -0.2) is 4.39 Å². The highest BCUT2D eigenvalue weighted by Crippen LogP contribution is 2.48. The number of hydrogen-bond donors (Lipinski definition) is 1. The fourth-order valence-electron chi connectivity index (χ4n) is 4.65. The zero-order chi connectivity index (χ0) is 20.6. The third-order valence-corrected chi connectivity index (χ3v) is 6.36. The van der Waals surface area contributed by atoms with E-state index in [1.54, 1.807) is 0 Å². The minimum atomic E-state index is -1.16. The van der Waals surface area contributed by atoms with Crippen molar-refractivity contribution in [2.45, 2.75) is 95.3 Å². The first kappa shape index (κ1) is 23.3. The molecule has 1 saturated carbocycles. The highest BCUT2D eigenvalue weighted by atomic mass is 19.1. The summed E-state index contributed by atoms with van der Waals surface area (Å²) in [5.41, 5.74) is 0. The Hall–Kier alpha value is -0.980. The second-order valence-electron chi connectivity index (χ2n) is 8.13. The van der Waals surface area contributed by atoms with Gasteiger partial charge in [0, 0.05) is 26.4 Å². The maximum atomic E-state index is 14.8. The standard InChI is InChI=1S/C22H37FO5/c1-4-5-11-20(23)22(27-3)14-13-17-16(18(24)15-19(17)28-22)10-8-6-7-9-12-21(25)26-2/h6,8,16-20,24H,4-5,7,9-15H2,1-3H3/t16-,17?,18+,19-,20?,22?/m1/s1. The molecule has 2 aliphatic rings. The molecule has 1 heterocycles. The van der Waals surface area contributed by atoms with Gasteiger partial charge in [-0.3, -0.25) is 4.79 Å². The monoisotopic (exact) mass is 400 g/mol. The van der Waals surface area contributed by atoms with Gasteiger partial charge in [0.15, 0.2) is 12.0 Å². The number of carbonyl (C=O) groups is 1. The number of ether oxygens (including phenoxy) is 3. The summed E-state index contributed by atoms with van der Waals surface area (Å²) >= 11 is 0. The summed E-state index contributed by atoms with van der Waals surface area (Å²) in [5, 5.41) is 10.5. The Balaban J connectivity index is 1.86. The van der Waals surface area contributed by atoms with Gasteiger partial charge in [0.25, 0.3) is 0 Å². The van der Waals surface area contributed by atoms with Crippen molar-refractivity contribution >= 4 is 5.97 Å². The first-order valence-electron chi connectivity index (χ1n) is 10.7. The van der Waals surface area contributed by atoms with Crippen LogP contribution < -0.4 is 0 Å². The normalized spacial score (nSPS) is 33.8. The summed E-state index contributed by atoms with van der Waals surface area (Å²) in [7, 11) is 2.92. The van der Waals surface area contributed by atoms with Crippen LogP contribution in [-0.2, 0) is 19.0 Å². The molecule has 0 spiro atoms. The molecule has 5 nitrogen and oxygen atoms in total. The lowest BCUT2D eigenvalue weighted by molar-refractivity contribution is -0.306. The molecular formula is C22H37FO5. The van der Waals surface area contributed by atoms with Crippen LogP contribution in [0.3, 0.4) is 0 Å². The Bertz CT molecular complexity index is 511. The molecule has 162 valence electrons. The Labute approximate surface area is 168 Å². The fourth-order valence-corrected chi connectivity index (χ4v) is 4.65. The largest absolute Gasteiger partial charge is 0.469 e. The van der Waals surface area contributed by atoms with Crippen molar-refractivity contribution in [3.05, 3.63) is 12.2 Å². The van der Waals surface area contributed by atoms with Gasteiger partial charge >= 0.3 is 5.97 Å². The van der Waals surface area contributed by atoms with Gasteiger partial charge in [-0.05, 0) is 43.9 Å². The molecule has 2 rings (SSSR count). The topological polar surface area (TPSA) is 65.0 Å². The van der Waals surface area contributed by atoms with E-state index in [0.29, 0.717) is 25.7 Å². The lowest BCUT2D eigenvalue weighted by Crippen LogP contribution is -2.51. The number of alkyl halides is 1. The number of allylic oxidation sites excluding steroid dienone is 2. The van der Waals surface area contributed by atoms with Gasteiger partial charge in [-0.15, -0.1) is 0 Å². The van der Waals surface area contributed by atoms with E-state index in [2.05, 4.69) is 16.9 Å². The molecule has 0 aromatic carbocycles. The van der Waals surface area contributed by atoms with Crippen LogP contribution >= 0.6 is 0 Å². The second kappa shape index (κ2) is 11.3. The molecule has 1 aliphatic heterocycles. The predicted molar refractivity (Wildman–Crippen MR) is 105 cm³/mol.